The molecule has 1 aromatic carbocycles. The molecular weight excluding hydrogens is 358 g/mol. The second-order valence-corrected chi connectivity index (χ2v) is 9.27. The molecule has 0 saturated carbocycles. The van der Waals surface area contributed by atoms with E-state index in [-0.39, 0.29) is 17.8 Å². The van der Waals surface area contributed by atoms with Gasteiger partial charge in [0.25, 0.3) is 0 Å². The SMILES string of the molecule is CC1=C2[C@@H](CC/C(C)=C/c3ccc(O)c(F)c3)OB(O)C[C@@H]2S(=O)(=O)C1. The van der Waals surface area contributed by atoms with Gasteiger partial charge in [0.2, 0.25) is 0 Å². The predicted octanol–water partition coefficient (Wildman–Crippen LogP) is 2.71. The molecule has 2 aliphatic rings. The summed E-state index contributed by atoms with van der Waals surface area (Å²) in [5.74, 6) is -1.04. The molecule has 0 bridgehead atoms. The lowest BCUT2D eigenvalue weighted by Crippen LogP contribution is -2.41. The van der Waals surface area contributed by atoms with Crippen molar-refractivity contribution in [3.05, 3.63) is 46.3 Å². The summed E-state index contributed by atoms with van der Waals surface area (Å²) in [7, 11) is -4.33. The highest BCUT2D eigenvalue weighted by Crippen LogP contribution is 2.39. The number of fused-ring (bicyclic) bond motifs is 1. The molecule has 2 atom stereocenters. The molecule has 0 unspecified atom stereocenters. The summed E-state index contributed by atoms with van der Waals surface area (Å²) in [6.45, 7) is 3.71. The van der Waals surface area contributed by atoms with Crippen LogP contribution < -0.4 is 0 Å². The molecule has 140 valence electrons. The molecule has 26 heavy (non-hydrogen) atoms. The average molecular weight is 380 g/mol. The summed E-state index contributed by atoms with van der Waals surface area (Å²) in [4.78, 5) is 0. The fourth-order valence-electron chi connectivity index (χ4n) is 3.76. The lowest BCUT2D eigenvalue weighted by Gasteiger charge is -2.31. The third-order valence-corrected chi connectivity index (χ3v) is 7.11. The number of sulfone groups is 1. The van der Waals surface area contributed by atoms with E-state index in [4.69, 9.17) is 4.65 Å². The summed E-state index contributed by atoms with van der Waals surface area (Å²) < 4.78 is 43.6. The maximum Gasteiger partial charge on any atom is 0.456 e. The van der Waals surface area contributed by atoms with E-state index in [0.29, 0.717) is 18.4 Å². The van der Waals surface area contributed by atoms with Crippen molar-refractivity contribution >= 4 is 23.0 Å². The third kappa shape index (κ3) is 3.87. The molecule has 1 saturated heterocycles. The zero-order valence-electron chi connectivity index (χ0n) is 14.8. The van der Waals surface area contributed by atoms with E-state index in [1.54, 1.807) is 6.07 Å². The van der Waals surface area contributed by atoms with Crippen LogP contribution in [0.4, 0.5) is 4.39 Å². The van der Waals surface area contributed by atoms with E-state index in [2.05, 4.69) is 0 Å². The van der Waals surface area contributed by atoms with Crippen LogP contribution in [-0.2, 0) is 14.5 Å². The van der Waals surface area contributed by atoms with Crippen LogP contribution in [0.2, 0.25) is 6.32 Å². The molecule has 0 aromatic heterocycles. The molecule has 1 fully saturated rings. The Kier molecular flexibility index (Phi) is 5.28. The number of hydrogen-bond acceptors (Lipinski definition) is 5. The molecule has 0 spiro atoms. The summed E-state index contributed by atoms with van der Waals surface area (Å²) in [6.07, 6.45) is 2.63. The molecule has 8 heteroatoms. The van der Waals surface area contributed by atoms with Gasteiger partial charge in [-0.3, -0.25) is 0 Å². The number of hydrogen-bond donors (Lipinski definition) is 2. The van der Waals surface area contributed by atoms with Crippen molar-refractivity contribution in [2.75, 3.05) is 5.75 Å². The van der Waals surface area contributed by atoms with Crippen LogP contribution in [0.5, 0.6) is 5.75 Å². The molecule has 2 aliphatic heterocycles. The first-order valence-electron chi connectivity index (χ1n) is 8.57. The second-order valence-electron chi connectivity index (χ2n) is 7.09. The van der Waals surface area contributed by atoms with Crippen LogP contribution in [0.3, 0.4) is 0 Å². The number of phenolic OH excluding ortho intramolecular Hbond substituents is 1. The quantitative estimate of drug-likeness (QED) is 0.620. The second kappa shape index (κ2) is 7.17. The lowest BCUT2D eigenvalue weighted by atomic mass is 9.75. The van der Waals surface area contributed by atoms with Crippen molar-refractivity contribution in [2.45, 2.75) is 44.4 Å². The Morgan fingerprint density at radius 3 is 2.88 bits per heavy atom. The number of benzene rings is 1. The van der Waals surface area contributed by atoms with Gasteiger partial charge in [0.05, 0.1) is 17.1 Å². The van der Waals surface area contributed by atoms with Crippen LogP contribution in [0.25, 0.3) is 6.08 Å². The Labute approximate surface area is 153 Å². The van der Waals surface area contributed by atoms with Gasteiger partial charge in [0, 0.05) is 6.32 Å². The largest absolute Gasteiger partial charge is 0.505 e. The predicted molar refractivity (Wildman–Crippen MR) is 98.9 cm³/mol. The minimum absolute atomic E-state index is 0.0290. The van der Waals surface area contributed by atoms with Crippen molar-refractivity contribution in [1.82, 2.24) is 0 Å². The van der Waals surface area contributed by atoms with Crippen molar-refractivity contribution in [3.63, 3.8) is 0 Å². The molecule has 0 radical (unpaired) electrons. The third-order valence-electron chi connectivity index (χ3n) is 4.96. The van der Waals surface area contributed by atoms with Crippen molar-refractivity contribution < 1.29 is 27.6 Å². The summed E-state index contributed by atoms with van der Waals surface area (Å²) in [5, 5.41) is 18.5. The number of allylic oxidation sites excluding steroid dienone is 1. The van der Waals surface area contributed by atoms with Crippen LogP contribution in [0.15, 0.2) is 34.9 Å². The lowest BCUT2D eigenvalue weighted by molar-refractivity contribution is 0.170. The van der Waals surface area contributed by atoms with E-state index in [1.165, 1.54) is 12.1 Å². The van der Waals surface area contributed by atoms with Gasteiger partial charge in [-0.05, 0) is 50.0 Å². The smallest absolute Gasteiger partial charge is 0.456 e. The van der Waals surface area contributed by atoms with Crippen LogP contribution in [0.1, 0.15) is 32.3 Å². The van der Waals surface area contributed by atoms with Gasteiger partial charge in [0.1, 0.15) is 0 Å². The standard InChI is InChI=1S/C18H22BFO5S/c1-11(7-13-4-5-15(21)14(20)8-13)3-6-16-18-12(2)10-26(23,24)17(18)9-19(22)25-16/h4-5,7-8,16-17,21-22H,3,6,9-10H2,1-2H3/b11-7+/t16-,17+/m1/s1. The van der Waals surface area contributed by atoms with Crippen LogP contribution in [0, 0.1) is 5.82 Å². The maximum atomic E-state index is 13.4. The fourth-order valence-corrected chi connectivity index (χ4v) is 5.93. The van der Waals surface area contributed by atoms with Crippen LogP contribution in [-0.4, -0.2) is 42.8 Å². The van der Waals surface area contributed by atoms with Gasteiger partial charge in [-0.2, -0.15) is 0 Å². The molecule has 3 rings (SSSR count). The first-order chi connectivity index (χ1) is 12.2. The maximum absolute atomic E-state index is 13.4. The Balaban J connectivity index is 1.73. The summed E-state index contributed by atoms with van der Waals surface area (Å²) in [5.41, 5.74) is 3.21. The summed E-state index contributed by atoms with van der Waals surface area (Å²) in [6, 6.07) is 4.18. The summed E-state index contributed by atoms with van der Waals surface area (Å²) >= 11 is 0. The van der Waals surface area contributed by atoms with Gasteiger partial charge >= 0.3 is 7.12 Å². The molecular formula is C18H22BFO5S. The number of aromatic hydroxyl groups is 1. The highest BCUT2D eigenvalue weighted by molar-refractivity contribution is 7.92. The normalized spacial score (nSPS) is 25.5. The first-order valence-corrected chi connectivity index (χ1v) is 10.3. The Morgan fingerprint density at radius 2 is 2.19 bits per heavy atom. The van der Waals surface area contributed by atoms with E-state index >= 15 is 0 Å². The highest BCUT2D eigenvalue weighted by atomic mass is 32.2. The molecule has 0 amide bonds. The number of rotatable bonds is 4. The van der Waals surface area contributed by atoms with Gasteiger partial charge in [0.15, 0.2) is 21.4 Å². The Morgan fingerprint density at radius 1 is 1.46 bits per heavy atom. The van der Waals surface area contributed by atoms with Crippen LogP contribution >= 0.6 is 0 Å². The monoisotopic (exact) mass is 380 g/mol. The molecule has 5 nitrogen and oxygen atoms in total. The molecule has 1 aromatic rings. The molecule has 0 aliphatic carbocycles. The number of phenols is 1. The van der Waals surface area contributed by atoms with Crippen molar-refractivity contribution in [2.24, 2.45) is 0 Å². The minimum Gasteiger partial charge on any atom is -0.505 e. The van der Waals surface area contributed by atoms with Gasteiger partial charge in [-0.25, -0.2) is 12.8 Å². The van der Waals surface area contributed by atoms with Gasteiger partial charge < -0.3 is 14.8 Å². The Hall–Kier alpha value is -1.64. The van der Waals surface area contributed by atoms with Gasteiger partial charge in [-0.15, -0.1) is 0 Å². The fraction of sp³-hybridized carbons (Fsp3) is 0.444. The molecule has 2 N–H and O–H groups in total. The first kappa shape index (κ1) is 19.1. The van der Waals surface area contributed by atoms with Gasteiger partial charge in [-0.1, -0.05) is 23.3 Å². The van der Waals surface area contributed by atoms with Crippen molar-refractivity contribution in [1.29, 1.82) is 0 Å². The zero-order valence-corrected chi connectivity index (χ0v) is 15.6. The zero-order chi connectivity index (χ0) is 19.1. The topological polar surface area (TPSA) is 83.8 Å². The Bertz CT molecular complexity index is 878. The van der Waals surface area contributed by atoms with E-state index in [0.717, 1.165) is 16.7 Å². The van der Waals surface area contributed by atoms with E-state index in [9.17, 15) is 22.9 Å². The average Bonchev–Trinajstić information content (AvgIpc) is 2.78. The number of halogens is 1. The van der Waals surface area contributed by atoms with E-state index < -0.39 is 34.1 Å². The highest BCUT2D eigenvalue weighted by Gasteiger charge is 2.47. The minimum atomic E-state index is -3.25. The molecule has 2 heterocycles. The van der Waals surface area contributed by atoms with Crippen molar-refractivity contribution in [3.8, 4) is 5.75 Å². The van der Waals surface area contributed by atoms with E-state index in [1.807, 2.05) is 19.9 Å².